The number of hydrogen-bond acceptors (Lipinski definition) is 3. The molecular weight excluding hydrogens is 307 g/mol. The van der Waals surface area contributed by atoms with Crippen molar-refractivity contribution in [3.63, 3.8) is 0 Å². The first-order valence-electron chi connectivity index (χ1n) is 3.85. The van der Waals surface area contributed by atoms with E-state index in [2.05, 4.69) is 35.2 Å². The van der Waals surface area contributed by atoms with Crippen molar-refractivity contribution in [2.75, 3.05) is 26.2 Å². The van der Waals surface area contributed by atoms with E-state index in [1.165, 1.54) is 0 Å². The summed E-state index contributed by atoms with van der Waals surface area (Å²) in [5.41, 5.74) is 0. The molecule has 3 nitrogen and oxygen atoms in total. The molecule has 0 atom stereocenters. The van der Waals surface area contributed by atoms with E-state index in [4.69, 9.17) is 0 Å². The molecular formula is C9H18GdN3-5. The van der Waals surface area contributed by atoms with Crippen LogP contribution in [0.3, 0.4) is 0 Å². The fraction of sp³-hybridized carbons (Fsp3) is 0.444. The molecule has 4 heteroatoms. The van der Waals surface area contributed by atoms with Gasteiger partial charge in [0, 0.05) is 39.9 Å². The Balaban J connectivity index is 0. The van der Waals surface area contributed by atoms with Gasteiger partial charge in [-0.3, -0.25) is 7.05 Å². The van der Waals surface area contributed by atoms with Gasteiger partial charge >= 0.3 is 0 Å². The van der Waals surface area contributed by atoms with Crippen LogP contribution in [0.2, 0.25) is 0 Å². The van der Waals surface area contributed by atoms with Crippen LogP contribution < -0.4 is 0 Å². The topological polar surface area (TPSA) is 9.72 Å². The van der Waals surface area contributed by atoms with Crippen molar-refractivity contribution in [3.05, 3.63) is 35.2 Å². The molecule has 0 saturated carbocycles. The van der Waals surface area contributed by atoms with Gasteiger partial charge in [-0.05, 0) is 26.2 Å². The van der Waals surface area contributed by atoms with Crippen molar-refractivity contribution < 1.29 is 39.9 Å². The summed E-state index contributed by atoms with van der Waals surface area (Å²) in [5, 5.41) is 0. The van der Waals surface area contributed by atoms with E-state index >= 15 is 0 Å². The van der Waals surface area contributed by atoms with E-state index in [0.717, 1.165) is 26.2 Å². The first-order valence-corrected chi connectivity index (χ1v) is 3.85. The Hall–Kier alpha value is 1.20. The van der Waals surface area contributed by atoms with E-state index in [1.54, 1.807) is 9.80 Å². The van der Waals surface area contributed by atoms with Gasteiger partial charge < -0.3 is 42.9 Å². The molecule has 0 bridgehead atoms. The van der Waals surface area contributed by atoms with Crippen molar-refractivity contribution in [2.45, 2.75) is 0 Å². The third-order valence-electron chi connectivity index (χ3n) is 1.46. The van der Waals surface area contributed by atoms with E-state index < -0.39 is 0 Å². The molecule has 13 heavy (non-hydrogen) atoms. The summed E-state index contributed by atoms with van der Waals surface area (Å²) >= 11 is 0. The summed E-state index contributed by atoms with van der Waals surface area (Å²) < 4.78 is 0. The van der Waals surface area contributed by atoms with Crippen molar-refractivity contribution in [1.29, 1.82) is 0 Å². The van der Waals surface area contributed by atoms with Crippen LogP contribution in [-0.4, -0.2) is 40.9 Å². The van der Waals surface area contributed by atoms with Crippen LogP contribution in [0, 0.1) is 75.2 Å². The molecule has 82 valence electrons. The molecule has 0 saturated heterocycles. The summed E-state index contributed by atoms with van der Waals surface area (Å²) in [6.45, 7) is 3.36. The molecule has 0 heterocycles. The van der Waals surface area contributed by atoms with Gasteiger partial charge in [0.25, 0.3) is 0 Å². The Labute approximate surface area is 115 Å². The van der Waals surface area contributed by atoms with Crippen LogP contribution in [0.1, 0.15) is 0 Å². The van der Waals surface area contributed by atoms with Crippen LogP contribution >= 0.6 is 0 Å². The quantitative estimate of drug-likeness (QED) is 0.671. The number of rotatable bonds is 6. The van der Waals surface area contributed by atoms with Crippen LogP contribution in [0.4, 0.5) is 0 Å². The Morgan fingerprint density at radius 2 is 0.923 bits per heavy atom. The average Bonchev–Trinajstić information content (AvgIpc) is 1.96. The number of hydrogen-bond donors (Lipinski definition) is 0. The van der Waals surface area contributed by atoms with Crippen molar-refractivity contribution in [1.82, 2.24) is 14.7 Å². The molecule has 0 N–H and O–H groups in total. The predicted octanol–water partition coefficient (Wildman–Crippen LogP) is 0.850. The van der Waals surface area contributed by atoms with Crippen LogP contribution in [-0.2, 0) is 0 Å². The second-order valence-corrected chi connectivity index (χ2v) is 2.91. The monoisotopic (exact) mass is 326 g/mol. The van der Waals surface area contributed by atoms with Gasteiger partial charge in [-0.25, -0.2) is 0 Å². The fourth-order valence-electron chi connectivity index (χ4n) is 0.677. The third-order valence-corrected chi connectivity index (χ3v) is 1.46. The Morgan fingerprint density at radius 3 is 1.15 bits per heavy atom. The molecule has 0 rings (SSSR count). The molecule has 0 spiro atoms. The maximum atomic E-state index is 3.85. The van der Waals surface area contributed by atoms with E-state index in [-0.39, 0.29) is 39.9 Å². The first-order chi connectivity index (χ1) is 5.52. The minimum atomic E-state index is 0. The molecule has 0 fully saturated rings. The van der Waals surface area contributed by atoms with Gasteiger partial charge in [0.2, 0.25) is 0 Å². The van der Waals surface area contributed by atoms with Gasteiger partial charge in [0.1, 0.15) is 0 Å². The van der Waals surface area contributed by atoms with Crippen molar-refractivity contribution >= 4 is 0 Å². The van der Waals surface area contributed by atoms with Gasteiger partial charge in [-0.15, -0.1) is 0 Å². The van der Waals surface area contributed by atoms with Gasteiger partial charge in [0.15, 0.2) is 0 Å². The smallest absolute Gasteiger partial charge is 0 e. The Kier molecular flexibility index (Phi) is 12.5. The molecule has 0 aliphatic carbocycles. The molecule has 0 aromatic carbocycles. The van der Waals surface area contributed by atoms with E-state index in [9.17, 15) is 0 Å². The zero-order valence-electron chi connectivity index (χ0n) is 8.06. The minimum absolute atomic E-state index is 0. The minimum Gasteiger partial charge on any atom is -0.610 e. The van der Waals surface area contributed by atoms with Crippen LogP contribution in [0.15, 0.2) is 0 Å². The van der Waals surface area contributed by atoms with Crippen molar-refractivity contribution in [3.8, 4) is 0 Å². The average molecular weight is 326 g/mol. The van der Waals surface area contributed by atoms with Gasteiger partial charge in [-0.1, -0.05) is 0 Å². The molecule has 0 unspecified atom stereocenters. The molecule has 0 aliphatic rings. The second-order valence-electron chi connectivity index (χ2n) is 2.91. The van der Waals surface area contributed by atoms with Crippen molar-refractivity contribution in [2.24, 2.45) is 0 Å². The summed E-state index contributed by atoms with van der Waals surface area (Å²) in [6.07, 6.45) is 0. The molecule has 0 radical (unpaired) electrons. The van der Waals surface area contributed by atoms with Crippen LogP contribution in [0.25, 0.3) is 0 Å². The molecule has 0 aromatic rings. The molecule has 0 amide bonds. The van der Waals surface area contributed by atoms with Crippen LogP contribution in [0.5, 0.6) is 0 Å². The SMILES string of the molecule is [CH2-]N([CH2-])CCN([CH2-])CCN([CH2-])[CH2-].[Gd]. The molecule has 0 aromatic heterocycles. The largest absolute Gasteiger partial charge is 0.610 e. The van der Waals surface area contributed by atoms with Gasteiger partial charge in [-0.2, -0.15) is 0 Å². The maximum Gasteiger partial charge on any atom is 0 e. The first kappa shape index (κ1) is 16.6. The summed E-state index contributed by atoms with van der Waals surface area (Å²) in [5.74, 6) is 0. The molecule has 0 aliphatic heterocycles. The zero-order chi connectivity index (χ0) is 9.56. The standard InChI is InChI=1S/C9H18N3.Gd/c1-10(2)6-8-12(5)9-7-11(3)4;/h1-9H2;/q-5;. The second kappa shape index (κ2) is 9.75. The summed E-state index contributed by atoms with van der Waals surface area (Å²) in [6, 6.07) is 0. The number of nitrogens with zero attached hydrogens (tertiary/aromatic N) is 3. The Morgan fingerprint density at radius 1 is 0.615 bits per heavy atom. The third kappa shape index (κ3) is 13.2. The normalized spacial score (nSPS) is 11.1. The maximum absolute atomic E-state index is 3.85. The van der Waals surface area contributed by atoms with E-state index in [1.807, 2.05) is 4.90 Å². The van der Waals surface area contributed by atoms with Gasteiger partial charge in [0.05, 0.1) is 0 Å². The fourth-order valence-corrected chi connectivity index (χ4v) is 0.677. The van der Waals surface area contributed by atoms with E-state index in [0.29, 0.717) is 0 Å². The Bertz CT molecular complexity index is 95.0. The predicted molar refractivity (Wildman–Crippen MR) is 51.8 cm³/mol. The summed E-state index contributed by atoms with van der Waals surface area (Å²) in [4.78, 5) is 5.24. The zero-order valence-corrected chi connectivity index (χ0v) is 10.3. The summed E-state index contributed by atoms with van der Waals surface area (Å²) in [7, 11) is 18.4.